The lowest BCUT2D eigenvalue weighted by Gasteiger charge is -2.28. The number of likely N-dealkylation sites (tertiary alicyclic amines) is 1. The molecule has 0 saturated carbocycles. The molecule has 1 amide bonds. The third-order valence-corrected chi connectivity index (χ3v) is 6.73. The van der Waals surface area contributed by atoms with Gasteiger partial charge in [-0.1, -0.05) is 6.07 Å². The van der Waals surface area contributed by atoms with Crippen LogP contribution in [0.5, 0.6) is 0 Å². The van der Waals surface area contributed by atoms with Gasteiger partial charge in [-0.15, -0.1) is 0 Å². The van der Waals surface area contributed by atoms with Gasteiger partial charge in [0.2, 0.25) is 0 Å². The van der Waals surface area contributed by atoms with E-state index in [0.29, 0.717) is 5.56 Å². The molecule has 1 aromatic carbocycles. The van der Waals surface area contributed by atoms with E-state index in [1.807, 2.05) is 26.0 Å². The zero-order valence-corrected chi connectivity index (χ0v) is 14.5. The second-order valence-electron chi connectivity index (χ2n) is 6.77. The summed E-state index contributed by atoms with van der Waals surface area (Å²) in [5.74, 6) is 0.0229. The number of hydrogen-bond donors (Lipinski definition) is 1. The number of rotatable bonds is 3. The first-order chi connectivity index (χ1) is 10.9. The van der Waals surface area contributed by atoms with Crippen molar-refractivity contribution in [2.24, 2.45) is 0 Å². The van der Waals surface area contributed by atoms with Gasteiger partial charge >= 0.3 is 0 Å². The molecular weight excluding hydrogens is 312 g/mol. The number of aryl methyl sites for hydroxylation is 2. The van der Waals surface area contributed by atoms with Crippen LogP contribution in [0, 0.1) is 13.8 Å². The van der Waals surface area contributed by atoms with E-state index in [4.69, 9.17) is 0 Å². The summed E-state index contributed by atoms with van der Waals surface area (Å²) in [6.45, 7) is 5.83. The first-order valence-electron chi connectivity index (χ1n) is 8.18. The van der Waals surface area contributed by atoms with Crippen molar-refractivity contribution in [1.29, 1.82) is 0 Å². The number of benzene rings is 1. The number of nitrogens with one attached hydrogen (secondary N) is 1. The Kier molecular flexibility index (Phi) is 4.47. The van der Waals surface area contributed by atoms with E-state index in [-0.39, 0.29) is 29.5 Å². The van der Waals surface area contributed by atoms with Crippen LogP contribution in [0.2, 0.25) is 0 Å². The van der Waals surface area contributed by atoms with Gasteiger partial charge in [0, 0.05) is 11.6 Å². The van der Waals surface area contributed by atoms with Gasteiger partial charge in [0.05, 0.1) is 17.5 Å². The SMILES string of the molecule is Cc1ccc(C(=O)NC2CS(=O)(=O)CC2N2CCCC2)cc1C. The number of hydrogen-bond acceptors (Lipinski definition) is 4. The van der Waals surface area contributed by atoms with Gasteiger partial charge in [-0.3, -0.25) is 9.69 Å². The topological polar surface area (TPSA) is 66.5 Å². The van der Waals surface area contributed by atoms with Crippen molar-refractivity contribution in [3.63, 3.8) is 0 Å². The fraction of sp³-hybridized carbons (Fsp3) is 0.588. The molecule has 2 atom stereocenters. The summed E-state index contributed by atoms with van der Waals surface area (Å²) in [4.78, 5) is 14.7. The van der Waals surface area contributed by atoms with E-state index in [1.165, 1.54) is 0 Å². The molecule has 2 aliphatic rings. The molecule has 2 aliphatic heterocycles. The van der Waals surface area contributed by atoms with E-state index in [9.17, 15) is 13.2 Å². The summed E-state index contributed by atoms with van der Waals surface area (Å²) >= 11 is 0. The van der Waals surface area contributed by atoms with Crippen molar-refractivity contribution in [2.45, 2.75) is 38.8 Å². The minimum atomic E-state index is -3.08. The van der Waals surface area contributed by atoms with Crippen LogP contribution in [0.25, 0.3) is 0 Å². The Morgan fingerprint density at radius 2 is 1.83 bits per heavy atom. The minimum Gasteiger partial charge on any atom is -0.347 e. The number of carbonyl (C=O) groups is 1. The van der Waals surface area contributed by atoms with Crippen LogP contribution in [0.3, 0.4) is 0 Å². The zero-order chi connectivity index (χ0) is 16.6. The Hall–Kier alpha value is -1.40. The molecule has 0 bridgehead atoms. The molecule has 2 saturated heterocycles. The lowest BCUT2D eigenvalue weighted by molar-refractivity contribution is 0.0918. The highest BCUT2D eigenvalue weighted by Crippen LogP contribution is 2.23. The fourth-order valence-corrected chi connectivity index (χ4v) is 5.49. The molecular formula is C17H24N2O3S. The molecule has 2 fully saturated rings. The molecule has 0 spiro atoms. The van der Waals surface area contributed by atoms with Crippen LogP contribution < -0.4 is 5.32 Å². The van der Waals surface area contributed by atoms with E-state index in [1.54, 1.807) is 6.07 Å². The molecule has 1 aromatic rings. The molecule has 126 valence electrons. The molecule has 23 heavy (non-hydrogen) atoms. The molecule has 2 heterocycles. The molecule has 3 rings (SSSR count). The van der Waals surface area contributed by atoms with Crippen molar-refractivity contribution >= 4 is 15.7 Å². The van der Waals surface area contributed by atoms with Crippen molar-refractivity contribution in [3.8, 4) is 0 Å². The molecule has 1 N–H and O–H groups in total. The van der Waals surface area contributed by atoms with Crippen LogP contribution in [0.1, 0.15) is 34.3 Å². The third kappa shape index (κ3) is 3.58. The fourth-order valence-electron chi connectivity index (χ4n) is 3.53. The molecule has 0 aromatic heterocycles. The smallest absolute Gasteiger partial charge is 0.251 e. The van der Waals surface area contributed by atoms with Crippen LogP contribution in [-0.4, -0.2) is 55.9 Å². The molecule has 2 unspecified atom stereocenters. The Labute approximate surface area is 138 Å². The second-order valence-corrected chi connectivity index (χ2v) is 8.92. The Bertz CT molecular complexity index is 709. The molecule has 5 nitrogen and oxygen atoms in total. The van der Waals surface area contributed by atoms with Crippen LogP contribution in [0.4, 0.5) is 0 Å². The number of amides is 1. The van der Waals surface area contributed by atoms with E-state index < -0.39 is 9.84 Å². The standard InChI is InChI=1S/C17H24N2O3S/c1-12-5-6-14(9-13(12)2)17(20)18-15-10-23(21,22)11-16(15)19-7-3-4-8-19/h5-6,9,15-16H,3-4,7-8,10-11H2,1-2H3,(H,18,20). The van der Waals surface area contributed by atoms with E-state index in [2.05, 4.69) is 10.2 Å². The lowest BCUT2D eigenvalue weighted by Crippen LogP contribution is -2.50. The summed E-state index contributed by atoms with van der Waals surface area (Å²) in [5, 5.41) is 2.96. The molecule has 0 radical (unpaired) electrons. The maximum atomic E-state index is 12.5. The van der Waals surface area contributed by atoms with Crippen molar-refractivity contribution < 1.29 is 13.2 Å². The predicted octanol–water partition coefficient (Wildman–Crippen LogP) is 1.29. The van der Waals surface area contributed by atoms with Crippen LogP contribution in [-0.2, 0) is 9.84 Å². The van der Waals surface area contributed by atoms with Gasteiger partial charge in [-0.05, 0) is 63.0 Å². The number of nitrogens with zero attached hydrogens (tertiary/aromatic N) is 1. The molecule has 0 aliphatic carbocycles. The summed E-state index contributed by atoms with van der Waals surface area (Å²) in [7, 11) is -3.08. The van der Waals surface area contributed by atoms with Crippen molar-refractivity contribution in [1.82, 2.24) is 10.2 Å². The first kappa shape index (κ1) is 16.5. The highest BCUT2D eigenvalue weighted by molar-refractivity contribution is 7.91. The normalized spacial score (nSPS) is 27.2. The van der Waals surface area contributed by atoms with Crippen molar-refractivity contribution in [3.05, 3.63) is 34.9 Å². The summed E-state index contributed by atoms with van der Waals surface area (Å²) < 4.78 is 24.1. The Balaban J connectivity index is 1.76. The van der Waals surface area contributed by atoms with Gasteiger partial charge in [-0.2, -0.15) is 0 Å². The highest BCUT2D eigenvalue weighted by Gasteiger charge is 2.42. The monoisotopic (exact) mass is 336 g/mol. The van der Waals surface area contributed by atoms with Crippen molar-refractivity contribution in [2.75, 3.05) is 24.6 Å². The maximum Gasteiger partial charge on any atom is 0.251 e. The number of sulfone groups is 1. The van der Waals surface area contributed by atoms with Crippen LogP contribution in [0.15, 0.2) is 18.2 Å². The Morgan fingerprint density at radius 1 is 1.13 bits per heavy atom. The quantitative estimate of drug-likeness (QED) is 0.903. The van der Waals surface area contributed by atoms with Gasteiger partial charge in [0.15, 0.2) is 9.84 Å². The van der Waals surface area contributed by atoms with Gasteiger partial charge in [0.1, 0.15) is 0 Å². The lowest BCUT2D eigenvalue weighted by atomic mass is 10.0. The number of carbonyl (C=O) groups excluding carboxylic acids is 1. The van der Waals surface area contributed by atoms with E-state index >= 15 is 0 Å². The first-order valence-corrected chi connectivity index (χ1v) is 10.0. The van der Waals surface area contributed by atoms with Crippen LogP contribution >= 0.6 is 0 Å². The predicted molar refractivity (Wildman–Crippen MR) is 90.4 cm³/mol. The third-order valence-electron chi connectivity index (χ3n) is 5.02. The highest BCUT2D eigenvalue weighted by atomic mass is 32.2. The summed E-state index contributed by atoms with van der Waals surface area (Å²) in [6, 6.07) is 5.18. The van der Waals surface area contributed by atoms with E-state index in [0.717, 1.165) is 37.1 Å². The summed E-state index contributed by atoms with van der Waals surface area (Å²) in [5.41, 5.74) is 2.80. The zero-order valence-electron chi connectivity index (χ0n) is 13.7. The maximum absolute atomic E-state index is 12.5. The van der Waals surface area contributed by atoms with Gasteiger partial charge in [-0.25, -0.2) is 8.42 Å². The largest absolute Gasteiger partial charge is 0.347 e. The van der Waals surface area contributed by atoms with Gasteiger partial charge in [0.25, 0.3) is 5.91 Å². The second kappa shape index (κ2) is 6.24. The molecule has 6 heteroatoms. The minimum absolute atomic E-state index is 0.0464. The average Bonchev–Trinajstić information content (AvgIpc) is 3.09. The summed E-state index contributed by atoms with van der Waals surface area (Å²) in [6.07, 6.45) is 2.21. The Morgan fingerprint density at radius 3 is 2.48 bits per heavy atom. The van der Waals surface area contributed by atoms with Gasteiger partial charge < -0.3 is 5.32 Å². The average molecular weight is 336 g/mol.